The van der Waals surface area contributed by atoms with Crippen LogP contribution in [0.1, 0.15) is 17.5 Å². The van der Waals surface area contributed by atoms with E-state index < -0.39 is 10.0 Å². The largest absolute Gasteiger partial charge is 0.352 e. The first-order chi connectivity index (χ1) is 11.0. The number of benzene rings is 2. The molecule has 2 rings (SSSR count). The van der Waals surface area contributed by atoms with Gasteiger partial charge in [-0.3, -0.25) is 4.79 Å². The molecule has 122 valence electrons. The summed E-state index contributed by atoms with van der Waals surface area (Å²) < 4.78 is 25.5. The predicted octanol–water partition coefficient (Wildman–Crippen LogP) is 1.84. The molecule has 0 atom stereocenters. The van der Waals surface area contributed by atoms with Crippen molar-refractivity contribution in [2.45, 2.75) is 24.3 Å². The number of aryl methyl sites for hydroxylation is 1. The van der Waals surface area contributed by atoms with Crippen LogP contribution in [0.4, 0.5) is 0 Å². The Morgan fingerprint density at radius 1 is 0.957 bits per heavy atom. The van der Waals surface area contributed by atoms with Gasteiger partial charge >= 0.3 is 0 Å². The summed E-state index contributed by atoms with van der Waals surface area (Å²) in [7, 11) is -2.05. The van der Waals surface area contributed by atoms with Crippen LogP contribution in [0.25, 0.3) is 0 Å². The van der Waals surface area contributed by atoms with Gasteiger partial charge in [0.2, 0.25) is 15.9 Å². The van der Waals surface area contributed by atoms with E-state index in [1.54, 1.807) is 12.1 Å². The van der Waals surface area contributed by atoms with Gasteiger partial charge in [-0.05, 0) is 36.7 Å². The first-order valence-corrected chi connectivity index (χ1v) is 8.83. The highest BCUT2D eigenvalue weighted by Gasteiger charge is 2.10. The molecule has 2 N–H and O–H groups in total. The third kappa shape index (κ3) is 5.19. The molecule has 0 saturated carbocycles. The molecule has 0 saturated heterocycles. The van der Waals surface area contributed by atoms with Gasteiger partial charge in [0.15, 0.2) is 0 Å². The van der Waals surface area contributed by atoms with E-state index >= 15 is 0 Å². The third-order valence-corrected chi connectivity index (χ3v) is 4.91. The maximum absolute atomic E-state index is 11.8. The minimum absolute atomic E-state index is 0.0271. The average Bonchev–Trinajstić information content (AvgIpc) is 2.59. The van der Waals surface area contributed by atoms with Crippen LogP contribution in [0, 0.1) is 0 Å². The number of hydrogen-bond acceptors (Lipinski definition) is 3. The molecule has 6 heteroatoms. The minimum atomic E-state index is -3.42. The summed E-state index contributed by atoms with van der Waals surface area (Å²) in [6.45, 7) is 0.382. The molecule has 2 aromatic carbocycles. The number of sulfonamides is 1. The normalized spacial score (nSPS) is 11.2. The van der Waals surface area contributed by atoms with E-state index in [-0.39, 0.29) is 10.8 Å². The van der Waals surface area contributed by atoms with Crippen LogP contribution < -0.4 is 10.0 Å². The number of nitrogens with one attached hydrogen (secondary N) is 2. The predicted molar refractivity (Wildman–Crippen MR) is 89.3 cm³/mol. The van der Waals surface area contributed by atoms with Gasteiger partial charge in [-0.25, -0.2) is 13.1 Å². The van der Waals surface area contributed by atoms with Crippen molar-refractivity contribution in [3.63, 3.8) is 0 Å². The van der Waals surface area contributed by atoms with E-state index in [0.29, 0.717) is 19.4 Å². The van der Waals surface area contributed by atoms with Crippen molar-refractivity contribution in [2.75, 3.05) is 7.05 Å². The van der Waals surface area contributed by atoms with Gasteiger partial charge in [0, 0.05) is 13.0 Å². The second-order valence-electron chi connectivity index (χ2n) is 5.11. The monoisotopic (exact) mass is 332 g/mol. The first kappa shape index (κ1) is 17.2. The quantitative estimate of drug-likeness (QED) is 0.812. The first-order valence-electron chi connectivity index (χ1n) is 7.34. The van der Waals surface area contributed by atoms with Crippen molar-refractivity contribution in [3.8, 4) is 0 Å². The highest BCUT2D eigenvalue weighted by molar-refractivity contribution is 7.89. The van der Waals surface area contributed by atoms with Crippen molar-refractivity contribution in [2.24, 2.45) is 0 Å². The molecule has 0 fully saturated rings. The lowest BCUT2D eigenvalue weighted by Gasteiger charge is -2.07. The number of rotatable bonds is 7. The van der Waals surface area contributed by atoms with Gasteiger partial charge in [0.25, 0.3) is 0 Å². The zero-order valence-electron chi connectivity index (χ0n) is 13.0. The second-order valence-corrected chi connectivity index (χ2v) is 7.00. The van der Waals surface area contributed by atoms with Crippen LogP contribution >= 0.6 is 0 Å². The summed E-state index contributed by atoms with van der Waals surface area (Å²) in [5.74, 6) is -0.0271. The summed E-state index contributed by atoms with van der Waals surface area (Å²) in [5.41, 5.74) is 1.98. The zero-order chi connectivity index (χ0) is 16.7. The number of carbonyl (C=O) groups is 1. The Bertz CT molecular complexity index is 741. The third-order valence-electron chi connectivity index (χ3n) is 3.48. The Balaban J connectivity index is 1.82. The average molecular weight is 332 g/mol. The molecule has 0 bridgehead atoms. The van der Waals surface area contributed by atoms with Gasteiger partial charge in [-0.15, -0.1) is 0 Å². The van der Waals surface area contributed by atoms with E-state index in [9.17, 15) is 13.2 Å². The summed E-state index contributed by atoms with van der Waals surface area (Å²) in [5, 5.41) is 2.84. The van der Waals surface area contributed by atoms with Gasteiger partial charge in [0.05, 0.1) is 4.90 Å². The molecular formula is C17H20N2O3S. The van der Waals surface area contributed by atoms with Crippen molar-refractivity contribution in [1.29, 1.82) is 0 Å². The van der Waals surface area contributed by atoms with Gasteiger partial charge in [-0.1, -0.05) is 42.5 Å². The fourth-order valence-corrected chi connectivity index (χ4v) is 2.83. The van der Waals surface area contributed by atoms with E-state index in [1.807, 2.05) is 30.3 Å². The Labute approximate surface area is 136 Å². The Hall–Kier alpha value is -2.18. The fourth-order valence-electron chi connectivity index (χ4n) is 2.10. The van der Waals surface area contributed by atoms with Gasteiger partial charge < -0.3 is 5.32 Å². The molecular weight excluding hydrogens is 312 g/mol. The Morgan fingerprint density at radius 3 is 2.22 bits per heavy atom. The van der Waals surface area contributed by atoms with E-state index in [1.165, 1.54) is 19.2 Å². The zero-order valence-corrected chi connectivity index (χ0v) is 13.8. The van der Waals surface area contributed by atoms with Gasteiger partial charge in [-0.2, -0.15) is 0 Å². The maximum Gasteiger partial charge on any atom is 0.240 e. The Morgan fingerprint density at radius 2 is 1.61 bits per heavy atom. The molecule has 0 aliphatic rings. The van der Waals surface area contributed by atoms with Crippen LogP contribution in [0.5, 0.6) is 0 Å². The number of amides is 1. The van der Waals surface area contributed by atoms with Gasteiger partial charge in [0.1, 0.15) is 0 Å². The van der Waals surface area contributed by atoms with E-state index in [2.05, 4.69) is 10.0 Å². The van der Waals surface area contributed by atoms with Crippen LogP contribution in [-0.2, 0) is 27.8 Å². The van der Waals surface area contributed by atoms with Crippen LogP contribution in [0.3, 0.4) is 0 Å². The van der Waals surface area contributed by atoms with Crippen LogP contribution in [0.2, 0.25) is 0 Å². The van der Waals surface area contributed by atoms with Crippen molar-refractivity contribution in [1.82, 2.24) is 10.0 Å². The Kier molecular flexibility index (Phi) is 5.90. The smallest absolute Gasteiger partial charge is 0.240 e. The number of carbonyl (C=O) groups excluding carboxylic acids is 1. The lowest BCUT2D eigenvalue weighted by Crippen LogP contribution is -2.23. The summed E-state index contributed by atoms with van der Waals surface area (Å²) >= 11 is 0. The lowest BCUT2D eigenvalue weighted by atomic mass is 10.1. The summed E-state index contributed by atoms with van der Waals surface area (Å²) in [6, 6.07) is 16.3. The molecule has 0 unspecified atom stereocenters. The van der Waals surface area contributed by atoms with Crippen LogP contribution in [0.15, 0.2) is 59.5 Å². The fraction of sp³-hybridized carbons (Fsp3) is 0.235. The van der Waals surface area contributed by atoms with Crippen LogP contribution in [-0.4, -0.2) is 21.4 Å². The molecule has 2 aromatic rings. The highest BCUT2D eigenvalue weighted by atomic mass is 32.2. The molecule has 0 radical (unpaired) electrons. The standard InChI is InChI=1S/C17H20N2O3S/c1-18-23(21,22)16-10-7-15(8-11-16)13-19-17(20)12-9-14-5-3-2-4-6-14/h2-8,10-11,18H,9,12-13H2,1H3,(H,19,20). The van der Waals surface area contributed by atoms with E-state index in [4.69, 9.17) is 0 Å². The molecule has 5 nitrogen and oxygen atoms in total. The molecule has 0 heterocycles. The molecule has 1 amide bonds. The maximum atomic E-state index is 11.8. The SMILES string of the molecule is CNS(=O)(=O)c1ccc(CNC(=O)CCc2ccccc2)cc1. The molecule has 0 aliphatic carbocycles. The minimum Gasteiger partial charge on any atom is -0.352 e. The molecule has 0 aromatic heterocycles. The molecule has 0 aliphatic heterocycles. The van der Waals surface area contributed by atoms with Crippen molar-refractivity contribution >= 4 is 15.9 Å². The lowest BCUT2D eigenvalue weighted by molar-refractivity contribution is -0.121. The highest BCUT2D eigenvalue weighted by Crippen LogP contribution is 2.10. The second kappa shape index (κ2) is 7.89. The number of hydrogen-bond donors (Lipinski definition) is 2. The van der Waals surface area contributed by atoms with Crippen molar-refractivity contribution in [3.05, 3.63) is 65.7 Å². The van der Waals surface area contributed by atoms with E-state index in [0.717, 1.165) is 11.1 Å². The summed E-state index contributed by atoms with van der Waals surface area (Å²) in [4.78, 5) is 12.1. The topological polar surface area (TPSA) is 75.3 Å². The molecule has 0 spiro atoms. The van der Waals surface area contributed by atoms with Crippen molar-refractivity contribution < 1.29 is 13.2 Å². The summed E-state index contributed by atoms with van der Waals surface area (Å²) in [6.07, 6.45) is 1.13. The molecule has 23 heavy (non-hydrogen) atoms.